The summed E-state index contributed by atoms with van der Waals surface area (Å²) < 4.78 is 37.5. The standard InChI is InChI=1S/C35H31NO14/c1-17(37)44-24-15-27(46-19(3)39)29-28(16-24)48-31(32(30(29)41)47-20(4)40)22-10-13-25(45-18(2)38)26(14-22)49-33(42)21-8-11-23(12-9-21)36-34(43)50-35(5,6)7/h8-16H,1-7H3,(H,36,43). The number of ether oxygens (including phenoxy) is 6. The molecule has 50 heavy (non-hydrogen) atoms. The number of hydrogen-bond acceptors (Lipinski definition) is 14. The highest BCUT2D eigenvalue weighted by Gasteiger charge is 2.26. The van der Waals surface area contributed by atoms with E-state index in [9.17, 15) is 33.6 Å². The fraction of sp³-hybridized carbons (Fsp3) is 0.229. The summed E-state index contributed by atoms with van der Waals surface area (Å²) >= 11 is 0. The summed E-state index contributed by atoms with van der Waals surface area (Å²) in [5.74, 6) is -6.04. The molecule has 4 rings (SSSR count). The first-order valence-electron chi connectivity index (χ1n) is 14.8. The molecule has 1 N–H and O–H groups in total. The van der Waals surface area contributed by atoms with Crippen molar-refractivity contribution in [3.05, 3.63) is 70.4 Å². The second-order valence-corrected chi connectivity index (χ2v) is 11.5. The zero-order chi connectivity index (χ0) is 36.9. The number of esters is 5. The predicted octanol–water partition coefficient (Wildman–Crippen LogP) is 5.73. The van der Waals surface area contributed by atoms with E-state index in [1.54, 1.807) is 20.8 Å². The lowest BCUT2D eigenvalue weighted by Crippen LogP contribution is -2.27. The van der Waals surface area contributed by atoms with Gasteiger partial charge >= 0.3 is 35.9 Å². The first-order chi connectivity index (χ1) is 23.4. The quantitative estimate of drug-likeness (QED) is 0.174. The smallest absolute Gasteiger partial charge is 0.412 e. The van der Waals surface area contributed by atoms with Crippen molar-refractivity contribution in [1.82, 2.24) is 0 Å². The molecule has 3 aromatic carbocycles. The Morgan fingerprint density at radius 2 is 1.26 bits per heavy atom. The highest BCUT2D eigenvalue weighted by Crippen LogP contribution is 2.40. The first kappa shape index (κ1) is 36.3. The van der Waals surface area contributed by atoms with E-state index in [1.807, 2.05) is 0 Å². The van der Waals surface area contributed by atoms with Crippen LogP contribution in [0.2, 0.25) is 0 Å². The monoisotopic (exact) mass is 689 g/mol. The zero-order valence-corrected chi connectivity index (χ0v) is 27.9. The fourth-order valence-electron chi connectivity index (χ4n) is 4.37. The van der Waals surface area contributed by atoms with Gasteiger partial charge in [0.05, 0.1) is 5.56 Å². The van der Waals surface area contributed by atoms with Crippen molar-refractivity contribution in [3.8, 4) is 40.1 Å². The number of benzene rings is 3. The summed E-state index contributed by atoms with van der Waals surface area (Å²) in [7, 11) is 0. The van der Waals surface area contributed by atoms with Gasteiger partial charge < -0.3 is 32.8 Å². The van der Waals surface area contributed by atoms with E-state index in [2.05, 4.69) is 5.32 Å². The minimum Gasteiger partial charge on any atom is -0.452 e. The van der Waals surface area contributed by atoms with E-state index in [0.717, 1.165) is 33.8 Å². The van der Waals surface area contributed by atoms with Gasteiger partial charge in [-0.25, -0.2) is 9.59 Å². The molecule has 0 atom stereocenters. The number of nitrogens with one attached hydrogen (secondary N) is 1. The molecular weight excluding hydrogens is 658 g/mol. The third-order valence-corrected chi connectivity index (χ3v) is 6.08. The van der Waals surface area contributed by atoms with Gasteiger partial charge in [-0.05, 0) is 63.2 Å². The molecule has 0 spiro atoms. The molecule has 0 radical (unpaired) electrons. The van der Waals surface area contributed by atoms with Crippen LogP contribution in [0.1, 0.15) is 58.8 Å². The minimum absolute atomic E-state index is 0.00258. The third kappa shape index (κ3) is 9.31. The molecule has 0 saturated carbocycles. The van der Waals surface area contributed by atoms with Crippen LogP contribution >= 0.6 is 0 Å². The molecule has 0 aliphatic carbocycles. The Bertz CT molecular complexity index is 2090. The van der Waals surface area contributed by atoms with E-state index in [0.29, 0.717) is 5.69 Å². The molecular formula is C35H31NO14. The molecule has 0 unspecified atom stereocenters. The Balaban J connectivity index is 1.81. The van der Waals surface area contributed by atoms with Gasteiger partial charge in [-0.2, -0.15) is 0 Å². The van der Waals surface area contributed by atoms with Crippen LogP contribution in [-0.2, 0) is 23.9 Å². The summed E-state index contributed by atoms with van der Waals surface area (Å²) in [4.78, 5) is 86.6. The number of fused-ring (bicyclic) bond motifs is 1. The van der Waals surface area contributed by atoms with Crippen LogP contribution in [-0.4, -0.2) is 41.5 Å². The Morgan fingerprint density at radius 3 is 1.84 bits per heavy atom. The van der Waals surface area contributed by atoms with Crippen LogP contribution in [0.15, 0.2) is 63.8 Å². The number of amides is 1. The van der Waals surface area contributed by atoms with Crippen LogP contribution < -0.4 is 34.4 Å². The van der Waals surface area contributed by atoms with Gasteiger partial charge in [-0.3, -0.25) is 29.3 Å². The fourth-order valence-corrected chi connectivity index (χ4v) is 4.37. The number of carbonyl (C=O) groups is 6. The Hall–Kier alpha value is -6.51. The molecule has 1 amide bonds. The van der Waals surface area contributed by atoms with Crippen molar-refractivity contribution in [1.29, 1.82) is 0 Å². The second-order valence-electron chi connectivity index (χ2n) is 11.5. The van der Waals surface area contributed by atoms with Crippen molar-refractivity contribution in [2.75, 3.05) is 5.32 Å². The van der Waals surface area contributed by atoms with Crippen LogP contribution in [0.4, 0.5) is 10.5 Å². The average Bonchev–Trinajstić information content (AvgIpc) is 2.97. The maximum Gasteiger partial charge on any atom is 0.412 e. The highest BCUT2D eigenvalue weighted by atomic mass is 16.6. The first-order valence-corrected chi connectivity index (χ1v) is 14.8. The van der Waals surface area contributed by atoms with Crippen molar-refractivity contribution >= 4 is 52.6 Å². The average molecular weight is 690 g/mol. The van der Waals surface area contributed by atoms with Gasteiger partial charge in [0.15, 0.2) is 17.3 Å². The summed E-state index contributed by atoms with van der Waals surface area (Å²) in [5, 5.41) is 2.22. The lowest BCUT2D eigenvalue weighted by molar-refractivity contribution is -0.133. The molecule has 260 valence electrons. The Kier molecular flexibility index (Phi) is 10.7. The van der Waals surface area contributed by atoms with E-state index in [4.69, 9.17) is 32.8 Å². The van der Waals surface area contributed by atoms with Crippen LogP contribution in [0.25, 0.3) is 22.3 Å². The molecule has 0 aliphatic heterocycles. The zero-order valence-electron chi connectivity index (χ0n) is 27.9. The van der Waals surface area contributed by atoms with Gasteiger partial charge in [0.2, 0.25) is 11.2 Å². The maximum atomic E-state index is 13.8. The van der Waals surface area contributed by atoms with Gasteiger partial charge in [0.25, 0.3) is 0 Å². The Morgan fingerprint density at radius 1 is 0.660 bits per heavy atom. The Labute approximate surface area is 284 Å². The summed E-state index contributed by atoms with van der Waals surface area (Å²) in [6.45, 7) is 9.49. The minimum atomic E-state index is -0.940. The van der Waals surface area contributed by atoms with E-state index in [1.165, 1.54) is 48.5 Å². The lowest BCUT2D eigenvalue weighted by atomic mass is 10.1. The number of anilines is 1. The SMILES string of the molecule is CC(=O)Oc1cc(OC(C)=O)c2c(=O)c(OC(C)=O)c(-c3ccc(OC(C)=O)c(OC(=O)c4ccc(NC(=O)OC(C)(C)C)cc4)c3)oc2c1. The largest absolute Gasteiger partial charge is 0.452 e. The van der Waals surface area contributed by atoms with E-state index >= 15 is 0 Å². The van der Waals surface area contributed by atoms with Gasteiger partial charge in [-0.15, -0.1) is 0 Å². The van der Waals surface area contributed by atoms with Crippen molar-refractivity contribution < 1.29 is 61.6 Å². The van der Waals surface area contributed by atoms with E-state index < -0.39 is 52.7 Å². The molecule has 0 saturated heterocycles. The molecule has 0 bridgehead atoms. The predicted molar refractivity (Wildman–Crippen MR) is 174 cm³/mol. The normalized spacial score (nSPS) is 10.9. The van der Waals surface area contributed by atoms with Gasteiger partial charge in [-0.1, -0.05) is 0 Å². The summed E-state index contributed by atoms with van der Waals surface area (Å²) in [6, 6.07) is 11.7. The maximum absolute atomic E-state index is 13.8. The summed E-state index contributed by atoms with van der Waals surface area (Å²) in [6.07, 6.45) is -0.700. The van der Waals surface area contributed by atoms with E-state index in [-0.39, 0.29) is 50.9 Å². The number of carbonyl (C=O) groups excluding carboxylic acids is 6. The molecule has 15 nitrogen and oxygen atoms in total. The van der Waals surface area contributed by atoms with Gasteiger partial charge in [0, 0.05) is 51.1 Å². The molecule has 0 fully saturated rings. The van der Waals surface area contributed by atoms with Gasteiger partial charge in [0.1, 0.15) is 28.1 Å². The molecule has 15 heteroatoms. The summed E-state index contributed by atoms with van der Waals surface area (Å²) in [5.41, 5.74) is -1.54. The lowest BCUT2D eigenvalue weighted by Gasteiger charge is -2.19. The number of hydrogen-bond donors (Lipinski definition) is 1. The molecule has 1 heterocycles. The van der Waals surface area contributed by atoms with Crippen LogP contribution in [0, 0.1) is 0 Å². The van der Waals surface area contributed by atoms with Crippen LogP contribution in [0.3, 0.4) is 0 Å². The third-order valence-electron chi connectivity index (χ3n) is 6.08. The molecule has 0 aliphatic rings. The molecule has 4 aromatic rings. The highest BCUT2D eigenvalue weighted by molar-refractivity contribution is 5.94. The van der Waals surface area contributed by atoms with Crippen LogP contribution in [0.5, 0.6) is 28.7 Å². The van der Waals surface area contributed by atoms with Crippen molar-refractivity contribution in [2.45, 2.75) is 54.1 Å². The van der Waals surface area contributed by atoms with Crippen molar-refractivity contribution in [2.24, 2.45) is 0 Å². The molecule has 1 aromatic heterocycles. The van der Waals surface area contributed by atoms with Crippen molar-refractivity contribution in [3.63, 3.8) is 0 Å². The number of rotatable bonds is 8. The topological polar surface area (TPSA) is 200 Å². The second kappa shape index (κ2) is 14.7.